The normalized spacial score (nSPS) is 18.0. The largest absolute Gasteiger partial charge is 0.469 e. The number of nitrogens with one attached hydrogen (secondary N) is 1. The lowest BCUT2D eigenvalue weighted by molar-refractivity contribution is 0.0931. The highest BCUT2D eigenvalue weighted by Gasteiger charge is 2.25. The van der Waals surface area contributed by atoms with E-state index in [1.807, 2.05) is 4.90 Å². The number of carbonyl (C=O) groups is 1. The molecule has 1 aliphatic heterocycles. The van der Waals surface area contributed by atoms with Gasteiger partial charge < -0.3 is 19.2 Å². The van der Waals surface area contributed by atoms with Crippen molar-refractivity contribution in [2.75, 3.05) is 18.0 Å². The fraction of sp³-hybridized carbons (Fsp3) is 0.438. The lowest BCUT2D eigenvalue weighted by atomic mass is 10.1. The van der Waals surface area contributed by atoms with E-state index in [4.69, 9.17) is 4.42 Å². The first kappa shape index (κ1) is 15.3. The summed E-state index contributed by atoms with van der Waals surface area (Å²) in [6.07, 6.45) is 6.54. The number of rotatable bonds is 3. The molecule has 7 nitrogen and oxygen atoms in total. The van der Waals surface area contributed by atoms with E-state index in [-0.39, 0.29) is 17.5 Å². The maximum absolute atomic E-state index is 12.3. The molecule has 0 saturated carbocycles. The minimum absolute atomic E-state index is 0.0164. The number of carbonyl (C=O) groups excluding carboxylic acids is 1. The average molecular weight is 316 g/mol. The first-order chi connectivity index (χ1) is 11.1. The molecule has 0 aromatic carbocycles. The Morgan fingerprint density at radius 1 is 1.48 bits per heavy atom. The maximum Gasteiger partial charge on any atom is 0.293 e. The van der Waals surface area contributed by atoms with Crippen molar-refractivity contribution < 1.29 is 9.21 Å². The Kier molecular flexibility index (Phi) is 4.18. The molecule has 1 atom stereocenters. The van der Waals surface area contributed by atoms with Gasteiger partial charge in [-0.15, -0.1) is 0 Å². The molecular formula is C16H20N4O3. The second-order valence-electron chi connectivity index (χ2n) is 5.82. The number of piperidine rings is 1. The van der Waals surface area contributed by atoms with Gasteiger partial charge in [-0.25, -0.2) is 4.98 Å². The van der Waals surface area contributed by atoms with Gasteiger partial charge in [0.05, 0.1) is 11.8 Å². The quantitative estimate of drug-likeness (QED) is 0.916. The molecule has 0 bridgehead atoms. The van der Waals surface area contributed by atoms with Crippen LogP contribution in [-0.2, 0) is 7.05 Å². The van der Waals surface area contributed by atoms with Gasteiger partial charge in [0, 0.05) is 38.6 Å². The summed E-state index contributed by atoms with van der Waals surface area (Å²) >= 11 is 0. The lowest BCUT2D eigenvalue weighted by Gasteiger charge is -2.33. The van der Waals surface area contributed by atoms with Crippen LogP contribution in [0.3, 0.4) is 0 Å². The fourth-order valence-electron chi connectivity index (χ4n) is 2.87. The molecular weight excluding hydrogens is 296 g/mol. The second-order valence-corrected chi connectivity index (χ2v) is 5.82. The number of amides is 1. The van der Waals surface area contributed by atoms with E-state index in [1.54, 1.807) is 32.4 Å². The molecule has 0 radical (unpaired) electrons. The molecule has 1 N–H and O–H groups in total. The van der Waals surface area contributed by atoms with Crippen molar-refractivity contribution in [2.24, 2.45) is 7.05 Å². The summed E-state index contributed by atoms with van der Waals surface area (Å²) in [5.41, 5.74) is 0.432. The maximum atomic E-state index is 12.3. The van der Waals surface area contributed by atoms with Crippen molar-refractivity contribution >= 4 is 11.7 Å². The number of furan rings is 1. The Balaban J connectivity index is 1.71. The van der Waals surface area contributed by atoms with Crippen molar-refractivity contribution in [2.45, 2.75) is 25.8 Å². The average Bonchev–Trinajstić information content (AvgIpc) is 2.96. The number of nitrogens with zero attached hydrogens (tertiary/aromatic N) is 3. The second kappa shape index (κ2) is 6.28. The zero-order valence-electron chi connectivity index (χ0n) is 13.3. The zero-order chi connectivity index (χ0) is 16.4. The molecule has 1 aliphatic rings. The predicted molar refractivity (Wildman–Crippen MR) is 85.6 cm³/mol. The fourth-order valence-corrected chi connectivity index (χ4v) is 2.87. The summed E-state index contributed by atoms with van der Waals surface area (Å²) in [6.45, 7) is 3.11. The van der Waals surface area contributed by atoms with Crippen LogP contribution >= 0.6 is 0 Å². The molecule has 0 spiro atoms. The predicted octanol–water partition coefficient (Wildman–Crippen LogP) is 1.08. The molecule has 2 aromatic rings. The van der Waals surface area contributed by atoms with Crippen LogP contribution in [0.4, 0.5) is 5.82 Å². The molecule has 0 aliphatic carbocycles. The SMILES string of the molecule is Cc1occc1C(=O)N[C@H]1CCCN(c2nccn(C)c2=O)C1. The van der Waals surface area contributed by atoms with Gasteiger partial charge in [0.2, 0.25) is 0 Å². The standard InChI is InChI=1S/C16H20N4O3/c1-11-13(5-9-23-11)15(21)18-12-4-3-7-20(10-12)14-16(22)19(2)8-6-17-14/h5-6,8-9,12H,3-4,7,10H2,1-2H3,(H,18,21)/t12-/m0/s1. The third-order valence-corrected chi connectivity index (χ3v) is 4.16. The van der Waals surface area contributed by atoms with Gasteiger partial charge >= 0.3 is 0 Å². The highest BCUT2D eigenvalue weighted by Crippen LogP contribution is 2.16. The van der Waals surface area contributed by atoms with Crippen LogP contribution in [0.1, 0.15) is 29.0 Å². The zero-order valence-corrected chi connectivity index (χ0v) is 13.3. The summed E-state index contributed by atoms with van der Waals surface area (Å²) in [6, 6.07) is 1.65. The van der Waals surface area contributed by atoms with Crippen molar-refractivity contribution in [3.8, 4) is 0 Å². The number of aryl methyl sites for hydroxylation is 2. The first-order valence-corrected chi connectivity index (χ1v) is 7.68. The molecule has 3 rings (SSSR count). The van der Waals surface area contributed by atoms with Gasteiger partial charge in [0.25, 0.3) is 11.5 Å². The van der Waals surface area contributed by atoms with Crippen LogP contribution in [0, 0.1) is 6.92 Å². The van der Waals surface area contributed by atoms with Crippen LogP contribution in [-0.4, -0.2) is 34.6 Å². The van der Waals surface area contributed by atoms with E-state index in [0.29, 0.717) is 23.7 Å². The van der Waals surface area contributed by atoms with Crippen molar-refractivity contribution in [3.63, 3.8) is 0 Å². The lowest BCUT2D eigenvalue weighted by Crippen LogP contribution is -2.49. The van der Waals surface area contributed by atoms with E-state index in [2.05, 4.69) is 10.3 Å². The third-order valence-electron chi connectivity index (χ3n) is 4.16. The van der Waals surface area contributed by atoms with E-state index < -0.39 is 0 Å². The van der Waals surface area contributed by atoms with Crippen LogP contribution in [0.15, 0.2) is 33.9 Å². The highest BCUT2D eigenvalue weighted by molar-refractivity contribution is 5.95. The summed E-state index contributed by atoms with van der Waals surface area (Å²) in [5, 5.41) is 3.02. The van der Waals surface area contributed by atoms with E-state index in [1.165, 1.54) is 10.8 Å². The van der Waals surface area contributed by atoms with E-state index >= 15 is 0 Å². The molecule has 2 aromatic heterocycles. The number of hydrogen-bond donors (Lipinski definition) is 1. The van der Waals surface area contributed by atoms with Gasteiger partial charge in [-0.05, 0) is 25.8 Å². The van der Waals surface area contributed by atoms with E-state index in [0.717, 1.165) is 19.4 Å². The van der Waals surface area contributed by atoms with Crippen LogP contribution < -0.4 is 15.8 Å². The molecule has 0 unspecified atom stereocenters. The van der Waals surface area contributed by atoms with Gasteiger partial charge in [0.1, 0.15) is 5.76 Å². The summed E-state index contributed by atoms with van der Waals surface area (Å²) in [4.78, 5) is 30.6. The Bertz CT molecular complexity index is 765. The number of anilines is 1. The summed E-state index contributed by atoms with van der Waals surface area (Å²) < 4.78 is 6.68. The molecule has 122 valence electrons. The summed E-state index contributed by atoms with van der Waals surface area (Å²) in [7, 11) is 1.71. The van der Waals surface area contributed by atoms with Crippen molar-refractivity contribution in [1.82, 2.24) is 14.9 Å². The Labute approximate surface area is 133 Å². The summed E-state index contributed by atoms with van der Waals surface area (Å²) in [5.74, 6) is 0.902. The van der Waals surface area contributed by atoms with Crippen molar-refractivity contribution in [3.05, 3.63) is 46.4 Å². The molecule has 7 heteroatoms. The molecule has 1 amide bonds. The van der Waals surface area contributed by atoms with Gasteiger partial charge in [0.15, 0.2) is 5.82 Å². The van der Waals surface area contributed by atoms with Crippen molar-refractivity contribution in [1.29, 1.82) is 0 Å². The first-order valence-electron chi connectivity index (χ1n) is 7.68. The van der Waals surface area contributed by atoms with Gasteiger partial charge in [-0.1, -0.05) is 0 Å². The van der Waals surface area contributed by atoms with Crippen LogP contribution in [0.5, 0.6) is 0 Å². The Morgan fingerprint density at radius 3 is 3.04 bits per heavy atom. The third kappa shape index (κ3) is 3.13. The molecule has 23 heavy (non-hydrogen) atoms. The molecule has 3 heterocycles. The van der Waals surface area contributed by atoms with Crippen LogP contribution in [0.2, 0.25) is 0 Å². The minimum atomic E-state index is -0.142. The molecule has 1 fully saturated rings. The van der Waals surface area contributed by atoms with E-state index in [9.17, 15) is 9.59 Å². The smallest absolute Gasteiger partial charge is 0.293 e. The van der Waals surface area contributed by atoms with Gasteiger partial charge in [-0.3, -0.25) is 9.59 Å². The highest BCUT2D eigenvalue weighted by atomic mass is 16.3. The van der Waals surface area contributed by atoms with Gasteiger partial charge in [-0.2, -0.15) is 0 Å². The number of aromatic nitrogens is 2. The Morgan fingerprint density at radius 2 is 2.30 bits per heavy atom. The Hall–Kier alpha value is -2.57. The minimum Gasteiger partial charge on any atom is -0.469 e. The number of hydrogen-bond acceptors (Lipinski definition) is 5. The monoisotopic (exact) mass is 316 g/mol. The molecule has 1 saturated heterocycles. The van der Waals surface area contributed by atoms with Crippen LogP contribution in [0.25, 0.3) is 0 Å². The topological polar surface area (TPSA) is 80.4 Å².